The third-order valence-electron chi connectivity index (χ3n) is 11.5. The smallest absolute Gasteiger partial charge is 0.160 e. The summed E-state index contributed by atoms with van der Waals surface area (Å²) < 4.78 is 2.39. The highest BCUT2D eigenvalue weighted by atomic mass is 15.0. The van der Waals surface area contributed by atoms with E-state index >= 15 is 0 Å². The van der Waals surface area contributed by atoms with E-state index in [1.165, 1.54) is 21.9 Å². The number of aryl methyl sites for hydroxylation is 1. The Kier molecular flexibility index (Phi) is 9.32. The first-order valence-corrected chi connectivity index (χ1v) is 20.9. The van der Waals surface area contributed by atoms with E-state index in [1.807, 2.05) is 60.7 Å². The van der Waals surface area contributed by atoms with E-state index in [2.05, 4.69) is 169 Å². The van der Waals surface area contributed by atoms with Crippen molar-refractivity contribution in [3.63, 3.8) is 0 Å². The van der Waals surface area contributed by atoms with Crippen molar-refractivity contribution in [1.82, 2.24) is 24.5 Å². The zero-order valence-corrected chi connectivity index (χ0v) is 34.0. The Morgan fingerprint density at radius 1 is 0.306 bits per heavy atom. The summed E-state index contributed by atoms with van der Waals surface area (Å²) >= 11 is 0. The highest BCUT2D eigenvalue weighted by molar-refractivity contribution is 6.10. The van der Waals surface area contributed by atoms with Crippen LogP contribution in [0.1, 0.15) is 5.56 Å². The van der Waals surface area contributed by atoms with Crippen LogP contribution < -0.4 is 0 Å². The molecule has 5 heteroatoms. The molecule has 11 aromatic rings. The lowest BCUT2D eigenvalue weighted by molar-refractivity contribution is 1.14. The van der Waals surface area contributed by atoms with Crippen LogP contribution in [0.25, 0.3) is 106 Å². The lowest BCUT2D eigenvalue weighted by Gasteiger charge is -2.17. The Morgan fingerprint density at radius 2 is 0.758 bits per heavy atom. The van der Waals surface area contributed by atoms with Gasteiger partial charge in [0.25, 0.3) is 0 Å². The van der Waals surface area contributed by atoms with Crippen molar-refractivity contribution in [2.45, 2.75) is 6.92 Å². The van der Waals surface area contributed by atoms with Gasteiger partial charge in [0.2, 0.25) is 0 Å². The van der Waals surface area contributed by atoms with Gasteiger partial charge in [0.05, 0.1) is 39.5 Å². The molecule has 0 aliphatic carbocycles. The average Bonchev–Trinajstić information content (AvgIpc) is 3.68. The van der Waals surface area contributed by atoms with E-state index in [0.29, 0.717) is 11.6 Å². The van der Waals surface area contributed by atoms with Gasteiger partial charge in [-0.3, -0.25) is 0 Å². The molecule has 0 spiro atoms. The van der Waals surface area contributed by atoms with Crippen LogP contribution in [0.3, 0.4) is 0 Å². The monoisotopic (exact) mass is 793 g/mol. The molecule has 11 rings (SSSR count). The van der Waals surface area contributed by atoms with Crippen LogP contribution >= 0.6 is 0 Å². The summed E-state index contributed by atoms with van der Waals surface area (Å²) in [6.07, 6.45) is 0. The van der Waals surface area contributed by atoms with Crippen molar-refractivity contribution in [1.29, 1.82) is 0 Å². The van der Waals surface area contributed by atoms with Crippen LogP contribution in [0.5, 0.6) is 0 Å². The summed E-state index contributed by atoms with van der Waals surface area (Å²) in [4.78, 5) is 21.1. The number of rotatable bonds is 8. The molecule has 0 unspecified atom stereocenters. The van der Waals surface area contributed by atoms with Crippen molar-refractivity contribution < 1.29 is 0 Å². The first-order chi connectivity index (χ1) is 30.6. The lowest BCUT2D eigenvalue weighted by Crippen LogP contribution is -2.02. The second-order valence-corrected chi connectivity index (χ2v) is 15.6. The van der Waals surface area contributed by atoms with Gasteiger partial charge >= 0.3 is 0 Å². The largest absolute Gasteiger partial charge is 0.309 e. The number of fused-ring (bicyclic) bond motifs is 3. The Balaban J connectivity index is 1.21. The average molecular weight is 794 g/mol. The standard InChI is InChI=1S/C57H39N5/c1-38-26-28-39(29-27-38)44-30-32-47-46-24-14-15-25-53(46)62(55(47)35-44)54-33-31-45(57-59-49(40-16-6-2-7-17-40)36-50(60-57)41-18-8-3-9-19-41)34-48(54)52-37-51(42-20-10-4-11-21-42)58-56(61-52)43-22-12-5-13-23-43/h2-37H,1H3. The fourth-order valence-corrected chi connectivity index (χ4v) is 8.38. The number of hydrogen-bond donors (Lipinski definition) is 0. The fraction of sp³-hybridized carbons (Fsp3) is 0.0175. The minimum Gasteiger partial charge on any atom is -0.309 e. The third-order valence-corrected chi connectivity index (χ3v) is 11.5. The molecule has 8 aromatic carbocycles. The van der Waals surface area contributed by atoms with Crippen molar-refractivity contribution in [2.75, 3.05) is 0 Å². The second kappa shape index (κ2) is 15.7. The molecule has 0 N–H and O–H groups in total. The van der Waals surface area contributed by atoms with Crippen molar-refractivity contribution >= 4 is 21.8 Å². The highest BCUT2D eigenvalue weighted by Crippen LogP contribution is 2.40. The molecule has 0 aliphatic rings. The zero-order chi connectivity index (χ0) is 41.4. The fourth-order valence-electron chi connectivity index (χ4n) is 8.38. The van der Waals surface area contributed by atoms with E-state index in [4.69, 9.17) is 19.9 Å². The summed E-state index contributed by atoms with van der Waals surface area (Å²) in [7, 11) is 0. The predicted molar refractivity (Wildman–Crippen MR) is 255 cm³/mol. The second-order valence-electron chi connectivity index (χ2n) is 15.6. The Morgan fingerprint density at radius 3 is 1.35 bits per heavy atom. The Hall–Kier alpha value is -8.28. The summed E-state index contributed by atoms with van der Waals surface area (Å²) in [5, 5.41) is 2.35. The quantitative estimate of drug-likeness (QED) is 0.154. The van der Waals surface area contributed by atoms with E-state index in [9.17, 15) is 0 Å². The maximum absolute atomic E-state index is 5.40. The topological polar surface area (TPSA) is 56.5 Å². The van der Waals surface area contributed by atoms with Crippen LogP contribution in [-0.2, 0) is 0 Å². The van der Waals surface area contributed by atoms with E-state index in [1.54, 1.807) is 0 Å². The van der Waals surface area contributed by atoms with Crippen LogP contribution in [0, 0.1) is 6.92 Å². The first kappa shape index (κ1) is 36.8. The van der Waals surface area contributed by atoms with Gasteiger partial charge in [0.1, 0.15) is 0 Å². The van der Waals surface area contributed by atoms with Crippen molar-refractivity contribution in [3.05, 3.63) is 224 Å². The highest BCUT2D eigenvalue weighted by Gasteiger charge is 2.21. The molecule has 0 fully saturated rings. The number of nitrogens with zero attached hydrogens (tertiary/aromatic N) is 5. The summed E-state index contributed by atoms with van der Waals surface area (Å²) in [5.41, 5.74) is 15.9. The van der Waals surface area contributed by atoms with Gasteiger partial charge in [0, 0.05) is 44.2 Å². The minimum atomic E-state index is 0.627. The van der Waals surface area contributed by atoms with Crippen molar-refractivity contribution in [3.8, 4) is 84.6 Å². The summed E-state index contributed by atoms with van der Waals surface area (Å²) in [5.74, 6) is 1.28. The Bertz CT molecular complexity index is 3260. The zero-order valence-electron chi connectivity index (χ0n) is 34.0. The van der Waals surface area contributed by atoms with Crippen LogP contribution in [0.4, 0.5) is 0 Å². The molecule has 0 aliphatic heterocycles. The van der Waals surface area contributed by atoms with Gasteiger partial charge in [-0.05, 0) is 60.5 Å². The van der Waals surface area contributed by atoms with Crippen LogP contribution in [0.15, 0.2) is 218 Å². The molecule has 0 bridgehead atoms. The summed E-state index contributed by atoms with van der Waals surface area (Å²) in [6.45, 7) is 2.13. The number of para-hydroxylation sites is 1. The van der Waals surface area contributed by atoms with E-state index in [-0.39, 0.29) is 0 Å². The third kappa shape index (κ3) is 6.91. The van der Waals surface area contributed by atoms with Gasteiger partial charge in [-0.1, -0.05) is 181 Å². The molecule has 3 heterocycles. The molecule has 3 aromatic heterocycles. The molecular formula is C57H39N5. The molecule has 5 nitrogen and oxygen atoms in total. The number of benzene rings is 8. The van der Waals surface area contributed by atoms with Gasteiger partial charge in [-0.25, -0.2) is 19.9 Å². The molecule has 292 valence electrons. The molecule has 0 radical (unpaired) electrons. The lowest BCUT2D eigenvalue weighted by atomic mass is 10.0. The van der Waals surface area contributed by atoms with Crippen LogP contribution in [-0.4, -0.2) is 24.5 Å². The first-order valence-electron chi connectivity index (χ1n) is 20.9. The van der Waals surface area contributed by atoms with Gasteiger partial charge in [-0.15, -0.1) is 0 Å². The summed E-state index contributed by atoms with van der Waals surface area (Å²) in [6, 6.07) is 76.2. The minimum absolute atomic E-state index is 0.627. The van der Waals surface area contributed by atoms with Gasteiger partial charge in [-0.2, -0.15) is 0 Å². The normalized spacial score (nSPS) is 11.3. The molecule has 62 heavy (non-hydrogen) atoms. The van der Waals surface area contributed by atoms with E-state index in [0.717, 1.165) is 78.4 Å². The molecule has 0 amide bonds. The molecule has 0 atom stereocenters. The van der Waals surface area contributed by atoms with Crippen LogP contribution in [0.2, 0.25) is 0 Å². The van der Waals surface area contributed by atoms with Crippen molar-refractivity contribution in [2.24, 2.45) is 0 Å². The Labute approximate surface area is 360 Å². The van der Waals surface area contributed by atoms with Gasteiger partial charge < -0.3 is 4.57 Å². The van der Waals surface area contributed by atoms with Gasteiger partial charge in [0.15, 0.2) is 11.6 Å². The number of aromatic nitrogens is 5. The predicted octanol–water partition coefficient (Wildman–Crippen LogP) is 14.3. The SMILES string of the molecule is Cc1ccc(-c2ccc3c4ccccc4n(-c4ccc(-c5nc(-c6ccccc6)cc(-c6ccccc6)n5)cc4-c4cc(-c5ccccc5)nc(-c5ccccc5)n4)c3c2)cc1. The molecular weight excluding hydrogens is 755 g/mol. The number of hydrogen-bond acceptors (Lipinski definition) is 4. The molecule has 0 saturated carbocycles. The molecule has 0 saturated heterocycles. The maximum atomic E-state index is 5.40. The van der Waals surface area contributed by atoms with E-state index < -0.39 is 0 Å². The maximum Gasteiger partial charge on any atom is 0.160 e.